The molecule has 25 heavy (non-hydrogen) atoms. The first-order valence-corrected chi connectivity index (χ1v) is 8.87. The molecule has 0 radical (unpaired) electrons. The van der Waals surface area contributed by atoms with Gasteiger partial charge in [-0.15, -0.1) is 0 Å². The summed E-state index contributed by atoms with van der Waals surface area (Å²) in [5.41, 5.74) is 2.74. The highest BCUT2D eigenvalue weighted by Crippen LogP contribution is 2.29. The van der Waals surface area contributed by atoms with Crippen LogP contribution in [0.25, 0.3) is 11.1 Å². The van der Waals surface area contributed by atoms with Crippen molar-refractivity contribution in [1.29, 1.82) is 0 Å². The molecule has 2 aromatic rings. The summed E-state index contributed by atoms with van der Waals surface area (Å²) in [6, 6.07) is 15.5. The minimum atomic E-state index is -0.0192. The third kappa shape index (κ3) is 4.60. The lowest BCUT2D eigenvalue weighted by atomic mass is 10.0. The number of nitrogens with one attached hydrogen (secondary N) is 1. The van der Waals surface area contributed by atoms with E-state index in [1.165, 1.54) is 0 Å². The quantitative estimate of drug-likeness (QED) is 0.778. The van der Waals surface area contributed by atoms with Crippen LogP contribution in [0.1, 0.15) is 29.6 Å². The van der Waals surface area contributed by atoms with Crippen molar-refractivity contribution in [2.24, 2.45) is 5.92 Å². The topological polar surface area (TPSA) is 47.6 Å². The Morgan fingerprint density at radius 2 is 2.00 bits per heavy atom. The Morgan fingerprint density at radius 1 is 1.20 bits per heavy atom. The van der Waals surface area contributed by atoms with Crippen LogP contribution >= 0.6 is 0 Å². The zero-order chi connectivity index (χ0) is 17.5. The summed E-state index contributed by atoms with van der Waals surface area (Å²) in [6.07, 6.45) is 3.27. The molecule has 0 aromatic heterocycles. The van der Waals surface area contributed by atoms with Crippen LogP contribution in [0.4, 0.5) is 0 Å². The number of rotatable bonds is 7. The summed E-state index contributed by atoms with van der Waals surface area (Å²) in [6.45, 7) is 2.47. The van der Waals surface area contributed by atoms with E-state index in [0.29, 0.717) is 18.0 Å². The average Bonchev–Trinajstić information content (AvgIpc) is 3.18. The number of hydrogen-bond donors (Lipinski definition) is 1. The van der Waals surface area contributed by atoms with Crippen LogP contribution in [0.2, 0.25) is 0 Å². The first-order chi connectivity index (χ1) is 12.3. The van der Waals surface area contributed by atoms with Crippen molar-refractivity contribution in [3.05, 3.63) is 54.1 Å². The molecule has 0 aliphatic carbocycles. The van der Waals surface area contributed by atoms with E-state index >= 15 is 0 Å². The molecule has 1 amide bonds. The molecular weight excluding hydrogens is 314 g/mol. The molecule has 1 aliphatic rings. The molecule has 3 rings (SSSR count). The monoisotopic (exact) mass is 339 g/mol. The highest BCUT2D eigenvalue weighted by atomic mass is 16.5. The van der Waals surface area contributed by atoms with Gasteiger partial charge in [-0.05, 0) is 48.9 Å². The first-order valence-electron chi connectivity index (χ1n) is 8.87. The van der Waals surface area contributed by atoms with Crippen LogP contribution < -0.4 is 10.1 Å². The van der Waals surface area contributed by atoms with Gasteiger partial charge in [-0.25, -0.2) is 0 Å². The number of para-hydroxylation sites is 1. The van der Waals surface area contributed by atoms with Crippen LogP contribution in [-0.4, -0.2) is 32.8 Å². The van der Waals surface area contributed by atoms with Gasteiger partial charge in [-0.1, -0.05) is 30.3 Å². The van der Waals surface area contributed by atoms with Gasteiger partial charge in [0, 0.05) is 30.9 Å². The van der Waals surface area contributed by atoms with Crippen molar-refractivity contribution in [1.82, 2.24) is 5.32 Å². The summed E-state index contributed by atoms with van der Waals surface area (Å²) in [5.74, 6) is 1.47. The summed E-state index contributed by atoms with van der Waals surface area (Å²) < 4.78 is 10.8. The summed E-state index contributed by atoms with van der Waals surface area (Å²) in [7, 11) is 1.67. The van der Waals surface area contributed by atoms with E-state index in [9.17, 15) is 4.79 Å². The molecule has 132 valence electrons. The fourth-order valence-corrected chi connectivity index (χ4v) is 3.19. The lowest BCUT2D eigenvalue weighted by Crippen LogP contribution is -2.24. The summed E-state index contributed by atoms with van der Waals surface area (Å²) in [5, 5.41) is 3.00. The van der Waals surface area contributed by atoms with E-state index < -0.39 is 0 Å². The highest BCUT2D eigenvalue weighted by Gasteiger charge is 2.15. The molecule has 1 aliphatic heterocycles. The van der Waals surface area contributed by atoms with Gasteiger partial charge >= 0.3 is 0 Å². The number of benzene rings is 2. The fourth-order valence-electron chi connectivity index (χ4n) is 3.19. The molecule has 0 spiro atoms. The number of carbonyl (C=O) groups is 1. The third-order valence-electron chi connectivity index (χ3n) is 4.66. The predicted octanol–water partition coefficient (Wildman–Crippen LogP) is 3.91. The minimum Gasteiger partial charge on any atom is -0.496 e. The Labute approximate surface area is 149 Å². The first kappa shape index (κ1) is 17.5. The Kier molecular flexibility index (Phi) is 6.07. The van der Waals surface area contributed by atoms with Gasteiger partial charge in [-0.3, -0.25) is 4.79 Å². The van der Waals surface area contributed by atoms with Crippen molar-refractivity contribution in [2.75, 3.05) is 26.9 Å². The van der Waals surface area contributed by atoms with E-state index in [1.807, 2.05) is 48.5 Å². The van der Waals surface area contributed by atoms with Crippen molar-refractivity contribution < 1.29 is 14.3 Å². The smallest absolute Gasteiger partial charge is 0.251 e. The molecule has 4 heteroatoms. The summed E-state index contributed by atoms with van der Waals surface area (Å²) in [4.78, 5) is 12.3. The van der Waals surface area contributed by atoms with E-state index in [2.05, 4.69) is 5.32 Å². The molecule has 1 N–H and O–H groups in total. The maximum absolute atomic E-state index is 12.3. The standard InChI is InChI=1S/C21H25NO3/c1-24-20-7-3-2-6-19(20)17-8-10-18(11-9-17)21(23)22-13-4-5-16-12-14-25-15-16/h2-3,6-11,16H,4-5,12-15H2,1H3,(H,22,23)/t16-/m1/s1. The zero-order valence-corrected chi connectivity index (χ0v) is 14.7. The van der Waals surface area contributed by atoms with Crippen LogP contribution in [0, 0.1) is 5.92 Å². The van der Waals surface area contributed by atoms with Gasteiger partial charge in [0.15, 0.2) is 0 Å². The molecular formula is C21H25NO3. The molecule has 0 unspecified atom stereocenters. The Hall–Kier alpha value is -2.33. The molecule has 0 saturated carbocycles. The number of hydrogen-bond acceptors (Lipinski definition) is 3. The van der Waals surface area contributed by atoms with Crippen LogP contribution in [0.5, 0.6) is 5.75 Å². The van der Waals surface area contributed by atoms with Gasteiger partial charge in [0.2, 0.25) is 0 Å². The van der Waals surface area contributed by atoms with Crippen LogP contribution in [0.15, 0.2) is 48.5 Å². The van der Waals surface area contributed by atoms with Gasteiger partial charge in [0.05, 0.1) is 7.11 Å². The van der Waals surface area contributed by atoms with E-state index in [4.69, 9.17) is 9.47 Å². The fraction of sp³-hybridized carbons (Fsp3) is 0.381. The van der Waals surface area contributed by atoms with Gasteiger partial charge in [0.1, 0.15) is 5.75 Å². The lowest BCUT2D eigenvalue weighted by Gasteiger charge is -2.10. The highest BCUT2D eigenvalue weighted by molar-refractivity contribution is 5.94. The molecule has 0 bridgehead atoms. The largest absolute Gasteiger partial charge is 0.496 e. The van der Waals surface area contributed by atoms with E-state index in [0.717, 1.165) is 49.4 Å². The molecule has 2 aromatic carbocycles. The van der Waals surface area contributed by atoms with E-state index in [-0.39, 0.29) is 5.91 Å². The van der Waals surface area contributed by atoms with Crippen LogP contribution in [0.3, 0.4) is 0 Å². The second-order valence-electron chi connectivity index (χ2n) is 6.41. The minimum absolute atomic E-state index is 0.0192. The van der Waals surface area contributed by atoms with Crippen LogP contribution in [-0.2, 0) is 4.74 Å². The SMILES string of the molecule is COc1ccccc1-c1ccc(C(=O)NCCC[C@@H]2CCOC2)cc1. The zero-order valence-electron chi connectivity index (χ0n) is 14.7. The van der Waals surface area contributed by atoms with Gasteiger partial charge < -0.3 is 14.8 Å². The molecule has 4 nitrogen and oxygen atoms in total. The van der Waals surface area contributed by atoms with Crippen molar-refractivity contribution >= 4 is 5.91 Å². The van der Waals surface area contributed by atoms with Gasteiger partial charge in [0.25, 0.3) is 5.91 Å². The normalized spacial score (nSPS) is 16.6. The Bertz CT molecular complexity index is 691. The summed E-state index contributed by atoms with van der Waals surface area (Å²) >= 11 is 0. The maximum atomic E-state index is 12.3. The molecule has 1 heterocycles. The molecule has 1 fully saturated rings. The van der Waals surface area contributed by atoms with Crippen molar-refractivity contribution in [3.63, 3.8) is 0 Å². The van der Waals surface area contributed by atoms with Gasteiger partial charge in [-0.2, -0.15) is 0 Å². The Balaban J connectivity index is 1.53. The second-order valence-corrected chi connectivity index (χ2v) is 6.41. The molecule has 1 atom stereocenters. The second kappa shape index (κ2) is 8.67. The predicted molar refractivity (Wildman–Crippen MR) is 98.9 cm³/mol. The average molecular weight is 339 g/mol. The number of ether oxygens (including phenoxy) is 2. The molecule has 1 saturated heterocycles. The lowest BCUT2D eigenvalue weighted by molar-refractivity contribution is 0.0952. The van der Waals surface area contributed by atoms with Crippen molar-refractivity contribution in [3.8, 4) is 16.9 Å². The number of amides is 1. The number of methoxy groups -OCH3 is 1. The van der Waals surface area contributed by atoms with Crippen molar-refractivity contribution in [2.45, 2.75) is 19.3 Å². The van der Waals surface area contributed by atoms with E-state index in [1.54, 1.807) is 7.11 Å². The Morgan fingerprint density at radius 3 is 2.72 bits per heavy atom. The number of carbonyl (C=O) groups excluding carboxylic acids is 1. The third-order valence-corrected chi connectivity index (χ3v) is 4.66. The maximum Gasteiger partial charge on any atom is 0.251 e.